The quantitative estimate of drug-likeness (QED) is 0.365. The molecule has 0 N–H and O–H groups in total. The number of rotatable bonds is 9. The van der Waals surface area contributed by atoms with Crippen LogP contribution in [0.4, 0.5) is 4.79 Å². The molecule has 28 heavy (non-hydrogen) atoms. The highest BCUT2D eigenvalue weighted by atomic mass is 16.7. The van der Waals surface area contributed by atoms with E-state index in [1.807, 2.05) is 30.3 Å². The molecule has 1 saturated heterocycles. The number of hydrogen-bond acceptors (Lipinski definition) is 6. The second kappa shape index (κ2) is 10.5. The summed E-state index contributed by atoms with van der Waals surface area (Å²) in [6, 6.07) is 8.94. The molecule has 0 saturated carbocycles. The Bertz CT molecular complexity index is 615. The van der Waals surface area contributed by atoms with Crippen molar-refractivity contribution in [3.63, 3.8) is 0 Å². The van der Waals surface area contributed by atoms with Crippen LogP contribution in [0.15, 0.2) is 30.3 Å². The average Bonchev–Trinajstić information content (AvgIpc) is 2.99. The highest BCUT2D eigenvalue weighted by Crippen LogP contribution is 2.31. The fourth-order valence-corrected chi connectivity index (χ4v) is 3.32. The summed E-state index contributed by atoms with van der Waals surface area (Å²) in [5.41, 5.74) is 0.404. The van der Waals surface area contributed by atoms with E-state index in [2.05, 4.69) is 0 Å². The first-order chi connectivity index (χ1) is 13.4. The van der Waals surface area contributed by atoms with Gasteiger partial charge in [0.15, 0.2) is 0 Å². The molecule has 1 aromatic rings. The smallest absolute Gasteiger partial charge is 0.411 e. The average molecular weight is 393 g/mol. The molecule has 156 valence electrons. The molecule has 1 heterocycles. The van der Waals surface area contributed by atoms with E-state index in [4.69, 9.17) is 18.9 Å². The van der Waals surface area contributed by atoms with E-state index in [1.54, 1.807) is 27.9 Å². The van der Waals surface area contributed by atoms with Gasteiger partial charge in [0.2, 0.25) is 0 Å². The Hall–Kier alpha value is -1.96. The summed E-state index contributed by atoms with van der Waals surface area (Å²) in [4.78, 5) is 26.1. The van der Waals surface area contributed by atoms with Crippen molar-refractivity contribution in [3.05, 3.63) is 35.9 Å². The second-order valence-electron chi connectivity index (χ2n) is 7.94. The Balaban J connectivity index is 2.06. The fourth-order valence-electron chi connectivity index (χ4n) is 3.32. The molecule has 0 bridgehead atoms. The molecule has 1 fully saturated rings. The van der Waals surface area contributed by atoms with Crippen LogP contribution >= 0.6 is 0 Å². The summed E-state index contributed by atoms with van der Waals surface area (Å²) in [7, 11) is 1.54. The van der Waals surface area contributed by atoms with Crippen molar-refractivity contribution in [1.29, 1.82) is 0 Å². The zero-order valence-electron chi connectivity index (χ0n) is 17.1. The molecule has 0 radical (unpaired) electrons. The van der Waals surface area contributed by atoms with E-state index in [1.165, 1.54) is 4.90 Å². The predicted molar refractivity (Wildman–Crippen MR) is 104 cm³/mol. The molecule has 3 atom stereocenters. The number of hydrogen-bond donors (Lipinski definition) is 0. The molecular weight excluding hydrogens is 362 g/mol. The number of ether oxygens (including phenoxy) is 4. The van der Waals surface area contributed by atoms with Gasteiger partial charge >= 0.3 is 6.09 Å². The van der Waals surface area contributed by atoms with E-state index in [0.29, 0.717) is 26.2 Å². The fraction of sp³-hybridized carbons (Fsp3) is 0.619. The summed E-state index contributed by atoms with van der Waals surface area (Å²) >= 11 is 0. The lowest BCUT2D eigenvalue weighted by molar-refractivity contribution is -0.114. The number of amides is 1. The lowest BCUT2D eigenvalue weighted by Crippen LogP contribution is -2.47. The van der Waals surface area contributed by atoms with Crippen LogP contribution in [-0.4, -0.2) is 62.1 Å². The SMILES string of the molecule is COCOC[C@@H]1C[C@@H](COCc2ccccc2)N(C(=O)OC(C)(C)C)[C@H]1C=O. The van der Waals surface area contributed by atoms with Gasteiger partial charge in [-0.25, -0.2) is 4.79 Å². The Labute approximate surface area is 166 Å². The van der Waals surface area contributed by atoms with E-state index in [0.717, 1.165) is 11.8 Å². The summed E-state index contributed by atoms with van der Waals surface area (Å²) in [6.45, 7) is 6.63. The third-order valence-corrected chi connectivity index (χ3v) is 4.47. The second-order valence-corrected chi connectivity index (χ2v) is 7.94. The molecule has 7 nitrogen and oxygen atoms in total. The summed E-state index contributed by atoms with van der Waals surface area (Å²) < 4.78 is 21.7. The number of methoxy groups -OCH3 is 1. The van der Waals surface area contributed by atoms with Crippen molar-refractivity contribution in [1.82, 2.24) is 4.90 Å². The van der Waals surface area contributed by atoms with Crippen LogP contribution in [-0.2, 0) is 30.3 Å². The molecular formula is C21H31NO6. The molecule has 0 aromatic heterocycles. The Morgan fingerprint density at radius 2 is 1.89 bits per heavy atom. The van der Waals surface area contributed by atoms with Crippen molar-refractivity contribution < 1.29 is 28.5 Å². The lowest BCUT2D eigenvalue weighted by atomic mass is 10.0. The molecule has 1 aliphatic heterocycles. The third kappa shape index (κ3) is 6.58. The van der Waals surface area contributed by atoms with Gasteiger partial charge in [-0.05, 0) is 32.8 Å². The van der Waals surface area contributed by atoms with Crippen LogP contribution < -0.4 is 0 Å². The Kier molecular flexibility index (Phi) is 8.41. The number of likely N-dealkylation sites (tertiary alicyclic amines) is 1. The van der Waals surface area contributed by atoms with Gasteiger partial charge in [0.1, 0.15) is 18.7 Å². The maximum Gasteiger partial charge on any atom is 0.411 e. The molecule has 0 unspecified atom stereocenters. The Morgan fingerprint density at radius 3 is 2.50 bits per heavy atom. The first-order valence-corrected chi connectivity index (χ1v) is 9.50. The van der Waals surface area contributed by atoms with E-state index in [-0.39, 0.29) is 18.8 Å². The molecule has 1 aromatic carbocycles. The number of benzene rings is 1. The van der Waals surface area contributed by atoms with Crippen molar-refractivity contribution in [2.24, 2.45) is 5.92 Å². The van der Waals surface area contributed by atoms with Crippen LogP contribution in [0.5, 0.6) is 0 Å². The van der Waals surface area contributed by atoms with Crippen molar-refractivity contribution in [3.8, 4) is 0 Å². The van der Waals surface area contributed by atoms with E-state index in [9.17, 15) is 9.59 Å². The first kappa shape index (κ1) is 22.3. The summed E-state index contributed by atoms with van der Waals surface area (Å²) in [6.07, 6.45) is 0.885. The number of carbonyl (C=O) groups is 2. The van der Waals surface area contributed by atoms with Gasteiger partial charge in [-0.15, -0.1) is 0 Å². The highest BCUT2D eigenvalue weighted by molar-refractivity contribution is 5.75. The van der Waals surface area contributed by atoms with Crippen molar-refractivity contribution >= 4 is 12.4 Å². The molecule has 1 amide bonds. The zero-order valence-corrected chi connectivity index (χ0v) is 17.1. The molecule has 7 heteroatoms. The lowest BCUT2D eigenvalue weighted by Gasteiger charge is -2.31. The number of nitrogens with zero attached hydrogens (tertiary/aromatic N) is 1. The number of carbonyl (C=O) groups excluding carboxylic acids is 2. The summed E-state index contributed by atoms with van der Waals surface area (Å²) in [5.74, 6) is -0.134. The van der Waals surface area contributed by atoms with E-state index >= 15 is 0 Å². The summed E-state index contributed by atoms with van der Waals surface area (Å²) in [5, 5.41) is 0. The standard InChI is InChI=1S/C21H31NO6/c1-21(2,3)28-20(24)22-18(14-26-12-16-8-6-5-7-9-16)10-17(19(22)11-23)13-27-15-25-4/h5-9,11,17-19H,10,12-15H2,1-4H3/t17-,18-,19-/m0/s1. The Morgan fingerprint density at radius 1 is 1.18 bits per heavy atom. The molecule has 0 aliphatic carbocycles. The maximum absolute atomic E-state index is 12.8. The monoisotopic (exact) mass is 393 g/mol. The highest BCUT2D eigenvalue weighted by Gasteiger charge is 2.45. The van der Waals surface area contributed by atoms with Gasteiger partial charge in [-0.2, -0.15) is 0 Å². The van der Waals surface area contributed by atoms with Crippen molar-refractivity contribution in [2.75, 3.05) is 27.1 Å². The predicted octanol–water partition coefficient (Wildman–Crippen LogP) is 3.02. The molecule has 2 rings (SSSR count). The van der Waals surface area contributed by atoms with Gasteiger partial charge in [0.25, 0.3) is 0 Å². The first-order valence-electron chi connectivity index (χ1n) is 9.50. The van der Waals surface area contributed by atoms with E-state index < -0.39 is 17.7 Å². The van der Waals surface area contributed by atoms with Crippen LogP contribution in [0.1, 0.15) is 32.8 Å². The molecule has 1 aliphatic rings. The van der Waals surface area contributed by atoms with Crippen LogP contribution in [0, 0.1) is 5.92 Å². The topological polar surface area (TPSA) is 74.3 Å². The zero-order chi connectivity index (χ0) is 20.6. The largest absolute Gasteiger partial charge is 0.444 e. The van der Waals surface area contributed by atoms with Gasteiger partial charge in [0, 0.05) is 13.0 Å². The number of aldehydes is 1. The van der Waals surface area contributed by atoms with Crippen LogP contribution in [0.3, 0.4) is 0 Å². The van der Waals surface area contributed by atoms with Crippen LogP contribution in [0.25, 0.3) is 0 Å². The third-order valence-electron chi connectivity index (χ3n) is 4.47. The minimum atomic E-state index is -0.648. The van der Waals surface area contributed by atoms with Gasteiger partial charge in [-0.1, -0.05) is 30.3 Å². The minimum Gasteiger partial charge on any atom is -0.444 e. The van der Waals surface area contributed by atoms with Gasteiger partial charge in [0.05, 0.1) is 31.9 Å². The maximum atomic E-state index is 12.8. The van der Waals surface area contributed by atoms with Gasteiger partial charge < -0.3 is 23.7 Å². The molecule has 0 spiro atoms. The van der Waals surface area contributed by atoms with Gasteiger partial charge in [-0.3, -0.25) is 4.90 Å². The van der Waals surface area contributed by atoms with Crippen LogP contribution in [0.2, 0.25) is 0 Å². The minimum absolute atomic E-state index is 0.134. The van der Waals surface area contributed by atoms with Crippen molar-refractivity contribution in [2.45, 2.75) is 51.5 Å². The normalized spacial score (nSPS) is 22.3.